The second-order valence-corrected chi connectivity index (χ2v) is 5.47. The second-order valence-electron chi connectivity index (χ2n) is 5.47. The van der Waals surface area contributed by atoms with Gasteiger partial charge >= 0.3 is 5.97 Å². The Labute approximate surface area is 146 Å². The molecule has 1 heterocycles. The van der Waals surface area contributed by atoms with E-state index in [1.807, 2.05) is 73.7 Å². The minimum Gasteiger partial charge on any atom is -0.461 e. The number of aryl methyl sites for hydroxylation is 1. The van der Waals surface area contributed by atoms with E-state index in [1.165, 1.54) is 4.80 Å². The number of fused-ring (bicyclic) bond motifs is 1. The van der Waals surface area contributed by atoms with Crippen LogP contribution in [0.1, 0.15) is 23.0 Å². The number of aromatic nitrogens is 3. The molecule has 0 aliphatic rings. The van der Waals surface area contributed by atoms with E-state index < -0.39 is 5.97 Å². The van der Waals surface area contributed by atoms with Gasteiger partial charge in [0.1, 0.15) is 0 Å². The van der Waals surface area contributed by atoms with Gasteiger partial charge in [-0.3, -0.25) is 0 Å². The van der Waals surface area contributed by atoms with Crippen molar-refractivity contribution in [2.75, 3.05) is 6.61 Å². The first-order chi connectivity index (χ1) is 12.2. The van der Waals surface area contributed by atoms with Gasteiger partial charge in [0, 0.05) is 5.39 Å². The number of hydrogen-bond acceptors (Lipinski definition) is 4. The number of ether oxygens (including phenoxy) is 1. The fourth-order valence-electron chi connectivity index (χ4n) is 2.39. The Morgan fingerprint density at radius 3 is 2.44 bits per heavy atom. The Bertz CT molecular complexity index is 948. The summed E-state index contributed by atoms with van der Waals surface area (Å²) >= 11 is 0. The lowest BCUT2D eigenvalue weighted by Crippen LogP contribution is -2.13. The molecular formula is C20H19N3O2. The third-order valence-electron chi connectivity index (χ3n) is 3.68. The molecule has 0 bridgehead atoms. The zero-order chi connectivity index (χ0) is 17.6. The van der Waals surface area contributed by atoms with E-state index in [-0.39, 0.29) is 12.3 Å². The average Bonchev–Trinajstić information content (AvgIpc) is 2.71. The fraction of sp³-hybridized carbons (Fsp3) is 0.150. The van der Waals surface area contributed by atoms with Gasteiger partial charge in [0.25, 0.3) is 0 Å². The Morgan fingerprint density at radius 2 is 1.68 bits per heavy atom. The number of para-hydroxylation sites is 1. The predicted molar refractivity (Wildman–Crippen MR) is 97.2 cm³/mol. The van der Waals surface area contributed by atoms with E-state index in [9.17, 15) is 4.79 Å². The highest BCUT2D eigenvalue weighted by atomic mass is 16.5. The van der Waals surface area contributed by atoms with Crippen LogP contribution < -0.4 is 0 Å². The molecule has 0 aliphatic heterocycles. The topological polar surface area (TPSA) is 57.0 Å². The summed E-state index contributed by atoms with van der Waals surface area (Å²) in [6.45, 7) is 3.90. The molecule has 2 aromatic carbocycles. The largest absolute Gasteiger partial charge is 0.461 e. The van der Waals surface area contributed by atoms with Gasteiger partial charge in [0.05, 0.1) is 17.8 Å². The zero-order valence-corrected chi connectivity index (χ0v) is 14.2. The Hall–Kier alpha value is -3.21. The molecule has 1 aromatic heterocycles. The number of esters is 1. The van der Waals surface area contributed by atoms with Gasteiger partial charge < -0.3 is 4.74 Å². The lowest BCUT2D eigenvalue weighted by atomic mass is 10.2. The van der Waals surface area contributed by atoms with Crippen molar-refractivity contribution in [3.8, 4) is 5.69 Å². The van der Waals surface area contributed by atoms with Gasteiger partial charge in [0.15, 0.2) is 5.69 Å². The quantitative estimate of drug-likeness (QED) is 0.679. The molecule has 0 radical (unpaired) electrons. The zero-order valence-electron chi connectivity index (χ0n) is 14.2. The molecule has 0 saturated carbocycles. The summed E-state index contributed by atoms with van der Waals surface area (Å²) in [7, 11) is 0. The fourth-order valence-corrected chi connectivity index (χ4v) is 2.39. The van der Waals surface area contributed by atoms with Crippen molar-refractivity contribution in [1.82, 2.24) is 15.0 Å². The van der Waals surface area contributed by atoms with Crippen LogP contribution in [0.15, 0.2) is 66.7 Å². The maximum absolute atomic E-state index is 12.4. The maximum atomic E-state index is 12.4. The van der Waals surface area contributed by atoms with E-state index in [2.05, 4.69) is 10.2 Å². The standard InChI is InChI=1S/C20H19N3O2/c1-3-25-20(24)19-15(2)13-14-16-9-7-8-12-18(16)21-23(22-19)17-10-5-4-6-11-17/h4-14H,3H2,1-2H3. The average molecular weight is 333 g/mol. The highest BCUT2D eigenvalue weighted by Crippen LogP contribution is 2.12. The summed E-state index contributed by atoms with van der Waals surface area (Å²) in [6.07, 6.45) is 0. The minimum absolute atomic E-state index is 0.235. The van der Waals surface area contributed by atoms with Crippen molar-refractivity contribution < 1.29 is 9.53 Å². The number of carbonyl (C=O) groups is 1. The van der Waals surface area contributed by atoms with Crippen LogP contribution in [0.2, 0.25) is 0 Å². The van der Waals surface area contributed by atoms with Crippen LogP contribution in [-0.4, -0.2) is 27.6 Å². The first-order valence-electron chi connectivity index (χ1n) is 8.12. The van der Waals surface area contributed by atoms with Gasteiger partial charge in [0.2, 0.25) is 0 Å². The van der Waals surface area contributed by atoms with Crippen molar-refractivity contribution in [3.05, 3.63) is 78.0 Å². The molecule has 126 valence electrons. The summed E-state index contributed by atoms with van der Waals surface area (Å²) in [5.41, 5.74) is 2.47. The normalized spacial score (nSPS) is 10.3. The number of nitrogens with zero attached hydrogens (tertiary/aromatic N) is 3. The van der Waals surface area contributed by atoms with Crippen molar-refractivity contribution >= 4 is 16.9 Å². The maximum Gasteiger partial charge on any atom is 0.359 e. The van der Waals surface area contributed by atoms with Crippen LogP contribution in [0.4, 0.5) is 0 Å². The van der Waals surface area contributed by atoms with Crippen LogP contribution in [-0.2, 0) is 4.74 Å². The van der Waals surface area contributed by atoms with Crippen molar-refractivity contribution in [2.45, 2.75) is 13.8 Å². The van der Waals surface area contributed by atoms with Gasteiger partial charge in [-0.1, -0.05) is 48.5 Å². The summed E-state index contributed by atoms with van der Waals surface area (Å²) < 4.78 is 5.16. The minimum atomic E-state index is -0.466. The van der Waals surface area contributed by atoms with Crippen LogP contribution in [0.25, 0.3) is 16.6 Å². The first-order valence-corrected chi connectivity index (χ1v) is 8.12. The van der Waals surface area contributed by atoms with Crippen molar-refractivity contribution in [1.29, 1.82) is 0 Å². The SMILES string of the molecule is CCOC(=O)c1nn(-c2ccccc2)nc2ccccc2ccc1C. The highest BCUT2D eigenvalue weighted by molar-refractivity contribution is 5.88. The van der Waals surface area contributed by atoms with Crippen molar-refractivity contribution in [2.24, 2.45) is 0 Å². The second kappa shape index (κ2) is 7.57. The van der Waals surface area contributed by atoms with E-state index in [0.29, 0.717) is 5.56 Å². The predicted octanol–water partition coefficient (Wildman–Crippen LogP) is 4.03. The van der Waals surface area contributed by atoms with Gasteiger partial charge in [-0.25, -0.2) is 4.79 Å². The van der Waals surface area contributed by atoms with Gasteiger partial charge in [-0.15, -0.1) is 10.2 Å². The first kappa shape index (κ1) is 16.6. The smallest absolute Gasteiger partial charge is 0.359 e. The molecule has 0 unspecified atom stereocenters. The van der Waals surface area contributed by atoms with Gasteiger partial charge in [-0.05, 0) is 37.6 Å². The number of hydrogen-bond donors (Lipinski definition) is 0. The van der Waals surface area contributed by atoms with E-state index in [0.717, 1.165) is 16.6 Å². The molecular weight excluding hydrogens is 314 g/mol. The molecule has 0 fully saturated rings. The lowest BCUT2D eigenvalue weighted by molar-refractivity contribution is 0.0516. The molecule has 5 heteroatoms. The van der Waals surface area contributed by atoms with Gasteiger partial charge in [-0.2, -0.15) is 4.80 Å². The highest BCUT2D eigenvalue weighted by Gasteiger charge is 2.12. The molecule has 3 aromatic rings. The van der Waals surface area contributed by atoms with E-state index in [1.54, 1.807) is 6.92 Å². The number of benzene rings is 2. The summed E-state index contributed by atoms with van der Waals surface area (Å²) in [6, 6.07) is 21.0. The number of rotatable bonds is 3. The summed E-state index contributed by atoms with van der Waals surface area (Å²) in [5.74, 6) is -0.466. The molecule has 0 saturated heterocycles. The molecule has 3 rings (SSSR count). The Morgan fingerprint density at radius 1 is 0.960 bits per heavy atom. The molecule has 5 nitrogen and oxygen atoms in total. The third kappa shape index (κ3) is 3.83. The molecule has 0 amide bonds. The molecule has 25 heavy (non-hydrogen) atoms. The van der Waals surface area contributed by atoms with Crippen LogP contribution in [0.3, 0.4) is 0 Å². The summed E-state index contributed by atoms with van der Waals surface area (Å²) in [4.78, 5) is 13.8. The Kier molecular flexibility index (Phi) is 5.04. The third-order valence-corrected chi connectivity index (χ3v) is 3.68. The van der Waals surface area contributed by atoms with Crippen LogP contribution >= 0.6 is 0 Å². The van der Waals surface area contributed by atoms with Crippen molar-refractivity contribution in [3.63, 3.8) is 0 Å². The molecule has 0 aliphatic carbocycles. The van der Waals surface area contributed by atoms with Crippen LogP contribution in [0, 0.1) is 6.92 Å². The molecule has 0 spiro atoms. The monoisotopic (exact) mass is 333 g/mol. The lowest BCUT2D eigenvalue weighted by Gasteiger charge is -2.05. The van der Waals surface area contributed by atoms with Crippen LogP contribution in [0.5, 0.6) is 0 Å². The molecule has 0 atom stereocenters. The van der Waals surface area contributed by atoms with E-state index in [4.69, 9.17) is 4.74 Å². The van der Waals surface area contributed by atoms with E-state index >= 15 is 0 Å². The summed E-state index contributed by atoms with van der Waals surface area (Å²) in [5, 5.41) is 10.1. The number of carbonyl (C=O) groups excluding carboxylic acids is 1. The molecule has 0 N–H and O–H groups in total. The Balaban J connectivity index is 2.37.